The molecule has 18 heavy (non-hydrogen) atoms. The average molecular weight is 252 g/mol. The van der Waals surface area contributed by atoms with E-state index in [9.17, 15) is 9.59 Å². The summed E-state index contributed by atoms with van der Waals surface area (Å²) in [6.45, 7) is 3.93. The molecule has 0 saturated heterocycles. The first-order valence-electron chi connectivity index (χ1n) is 6.29. The summed E-state index contributed by atoms with van der Waals surface area (Å²) in [6.07, 6.45) is 4.46. The number of ketones is 2. The molecule has 100 valence electrons. The lowest BCUT2D eigenvalue weighted by Gasteiger charge is -2.52. The molecule has 0 N–H and O–H groups in total. The number of methoxy groups -OCH3 is 2. The fraction of sp³-hybridized carbons (Fsp3) is 0.714. The maximum absolute atomic E-state index is 12.1. The van der Waals surface area contributed by atoms with Crippen LogP contribution < -0.4 is 0 Å². The van der Waals surface area contributed by atoms with Gasteiger partial charge in [0, 0.05) is 37.9 Å². The molecular formula is C14H20O4. The molecule has 3 atom stereocenters. The highest BCUT2D eigenvalue weighted by atomic mass is 16.7. The molecule has 1 saturated carbocycles. The Morgan fingerprint density at radius 2 is 1.89 bits per heavy atom. The van der Waals surface area contributed by atoms with E-state index < -0.39 is 5.79 Å². The van der Waals surface area contributed by atoms with E-state index in [-0.39, 0.29) is 28.8 Å². The van der Waals surface area contributed by atoms with E-state index in [4.69, 9.17) is 9.47 Å². The van der Waals surface area contributed by atoms with E-state index in [1.807, 2.05) is 19.9 Å². The van der Waals surface area contributed by atoms with Gasteiger partial charge in [-0.2, -0.15) is 0 Å². The third kappa shape index (κ3) is 1.52. The normalized spacial score (nSPS) is 38.7. The summed E-state index contributed by atoms with van der Waals surface area (Å²) >= 11 is 0. The second kappa shape index (κ2) is 4.28. The Labute approximate surface area is 107 Å². The van der Waals surface area contributed by atoms with Crippen molar-refractivity contribution in [3.05, 3.63) is 12.2 Å². The van der Waals surface area contributed by atoms with Crippen LogP contribution in [0.1, 0.15) is 26.7 Å². The Morgan fingerprint density at radius 3 is 2.44 bits per heavy atom. The van der Waals surface area contributed by atoms with Gasteiger partial charge in [0.25, 0.3) is 0 Å². The van der Waals surface area contributed by atoms with E-state index in [0.29, 0.717) is 12.8 Å². The third-order valence-corrected chi connectivity index (χ3v) is 4.85. The van der Waals surface area contributed by atoms with Crippen molar-refractivity contribution in [2.45, 2.75) is 32.5 Å². The molecule has 2 rings (SSSR count). The van der Waals surface area contributed by atoms with E-state index in [2.05, 4.69) is 0 Å². The molecule has 0 aliphatic heterocycles. The minimum atomic E-state index is -1.24. The first kappa shape index (κ1) is 13.4. The zero-order chi connectivity index (χ0) is 13.6. The maximum atomic E-state index is 12.1. The Bertz CT molecular complexity index is 408. The number of carbonyl (C=O) groups excluding carboxylic acids is 2. The molecule has 0 aromatic carbocycles. The third-order valence-electron chi connectivity index (χ3n) is 4.85. The zero-order valence-electron chi connectivity index (χ0n) is 11.4. The van der Waals surface area contributed by atoms with Crippen LogP contribution in [0.4, 0.5) is 0 Å². The molecule has 0 amide bonds. The van der Waals surface area contributed by atoms with Gasteiger partial charge in [-0.15, -0.1) is 0 Å². The van der Waals surface area contributed by atoms with Crippen LogP contribution in [0.5, 0.6) is 0 Å². The van der Waals surface area contributed by atoms with E-state index in [1.54, 1.807) is 0 Å². The first-order chi connectivity index (χ1) is 8.42. The molecule has 1 fully saturated rings. The average Bonchev–Trinajstić information content (AvgIpc) is 2.37. The smallest absolute Gasteiger partial charge is 0.236 e. The predicted molar refractivity (Wildman–Crippen MR) is 65.9 cm³/mol. The van der Waals surface area contributed by atoms with Gasteiger partial charge in [0.2, 0.25) is 11.6 Å². The summed E-state index contributed by atoms with van der Waals surface area (Å²) < 4.78 is 10.8. The molecule has 2 aliphatic rings. The van der Waals surface area contributed by atoms with E-state index in [1.165, 1.54) is 20.3 Å². The van der Waals surface area contributed by atoms with Crippen molar-refractivity contribution in [1.29, 1.82) is 0 Å². The molecule has 0 aromatic heterocycles. The fourth-order valence-corrected chi connectivity index (χ4v) is 3.43. The van der Waals surface area contributed by atoms with Gasteiger partial charge in [-0.1, -0.05) is 19.9 Å². The zero-order valence-corrected chi connectivity index (χ0v) is 11.4. The molecule has 2 aliphatic carbocycles. The number of fused-ring (bicyclic) bond motifs is 1. The van der Waals surface area contributed by atoms with Gasteiger partial charge in [-0.05, 0) is 12.5 Å². The summed E-state index contributed by atoms with van der Waals surface area (Å²) in [5.74, 6) is -1.40. The van der Waals surface area contributed by atoms with Crippen LogP contribution >= 0.6 is 0 Å². The lowest BCUT2D eigenvalue weighted by Crippen LogP contribution is -2.60. The number of hydrogen-bond donors (Lipinski definition) is 0. The van der Waals surface area contributed by atoms with Crippen LogP contribution in [0.15, 0.2) is 12.2 Å². The standard InChI is InChI=1S/C14H20O4/c1-9-10(15)5-6-11-13(9,2)8-7-12(16)14(11,17-3)18-4/h7-9,11H,5-6H2,1-4H3/t9-,11-,13+/m1/s1. The minimum absolute atomic E-state index is 0.120. The van der Waals surface area contributed by atoms with Crippen LogP contribution in [-0.4, -0.2) is 31.6 Å². The van der Waals surface area contributed by atoms with Gasteiger partial charge >= 0.3 is 0 Å². The van der Waals surface area contributed by atoms with Gasteiger partial charge in [0.15, 0.2) is 0 Å². The molecule has 0 bridgehead atoms. The van der Waals surface area contributed by atoms with Crippen LogP contribution in [-0.2, 0) is 19.1 Å². The Morgan fingerprint density at radius 1 is 1.28 bits per heavy atom. The van der Waals surface area contributed by atoms with Crippen molar-refractivity contribution in [2.75, 3.05) is 14.2 Å². The summed E-state index contributed by atoms with van der Waals surface area (Å²) in [7, 11) is 2.98. The van der Waals surface area contributed by atoms with Gasteiger partial charge < -0.3 is 9.47 Å². The van der Waals surface area contributed by atoms with Crippen molar-refractivity contribution in [2.24, 2.45) is 17.3 Å². The fourth-order valence-electron chi connectivity index (χ4n) is 3.43. The van der Waals surface area contributed by atoms with Crippen LogP contribution in [0.25, 0.3) is 0 Å². The van der Waals surface area contributed by atoms with Crippen LogP contribution in [0, 0.1) is 17.3 Å². The summed E-state index contributed by atoms with van der Waals surface area (Å²) in [5.41, 5.74) is -0.380. The second-order valence-corrected chi connectivity index (χ2v) is 5.42. The molecule has 0 radical (unpaired) electrons. The Balaban J connectivity index is 2.53. The van der Waals surface area contributed by atoms with Crippen molar-refractivity contribution in [3.63, 3.8) is 0 Å². The number of Topliss-reactive ketones (excluding diaryl/α,β-unsaturated/α-hetero) is 1. The van der Waals surface area contributed by atoms with Crippen molar-refractivity contribution in [1.82, 2.24) is 0 Å². The van der Waals surface area contributed by atoms with Crippen molar-refractivity contribution < 1.29 is 19.1 Å². The summed E-state index contributed by atoms with van der Waals surface area (Å²) in [5, 5.41) is 0. The quantitative estimate of drug-likeness (QED) is 0.702. The monoisotopic (exact) mass is 252 g/mol. The first-order valence-corrected chi connectivity index (χ1v) is 6.29. The molecule has 4 heteroatoms. The maximum Gasteiger partial charge on any atom is 0.236 e. The molecule has 0 spiro atoms. The number of carbonyl (C=O) groups is 2. The Hall–Kier alpha value is -1.00. The topological polar surface area (TPSA) is 52.6 Å². The van der Waals surface area contributed by atoms with Crippen LogP contribution in [0.2, 0.25) is 0 Å². The lowest BCUT2D eigenvalue weighted by molar-refractivity contribution is -0.250. The molecular weight excluding hydrogens is 232 g/mol. The van der Waals surface area contributed by atoms with Crippen molar-refractivity contribution >= 4 is 11.6 Å². The van der Waals surface area contributed by atoms with Crippen molar-refractivity contribution in [3.8, 4) is 0 Å². The summed E-state index contributed by atoms with van der Waals surface area (Å²) in [4.78, 5) is 24.1. The number of ether oxygens (including phenoxy) is 2. The highest BCUT2D eigenvalue weighted by Crippen LogP contribution is 2.53. The van der Waals surface area contributed by atoms with Gasteiger partial charge in [0.1, 0.15) is 5.78 Å². The molecule has 4 nitrogen and oxygen atoms in total. The highest BCUT2D eigenvalue weighted by Gasteiger charge is 2.59. The van der Waals surface area contributed by atoms with Crippen LogP contribution in [0.3, 0.4) is 0 Å². The van der Waals surface area contributed by atoms with Gasteiger partial charge in [0.05, 0.1) is 0 Å². The Kier molecular flexibility index (Phi) is 3.19. The molecule has 0 aromatic rings. The summed E-state index contributed by atoms with van der Waals surface area (Å²) in [6, 6.07) is 0. The number of rotatable bonds is 2. The van der Waals surface area contributed by atoms with E-state index >= 15 is 0 Å². The number of hydrogen-bond acceptors (Lipinski definition) is 4. The largest absolute Gasteiger partial charge is 0.346 e. The second-order valence-electron chi connectivity index (χ2n) is 5.42. The van der Waals surface area contributed by atoms with Gasteiger partial charge in [-0.3, -0.25) is 9.59 Å². The SMILES string of the molecule is COC1(OC)C(=O)C=C[C@@]2(C)[C@H](C)C(=O)CC[C@@H]12. The van der Waals surface area contributed by atoms with E-state index in [0.717, 1.165) is 0 Å². The predicted octanol–water partition coefficient (Wildman–Crippen LogP) is 1.74. The van der Waals surface area contributed by atoms with Gasteiger partial charge in [-0.25, -0.2) is 0 Å². The minimum Gasteiger partial charge on any atom is -0.346 e. The lowest BCUT2D eigenvalue weighted by atomic mass is 9.56. The molecule has 0 heterocycles. The number of allylic oxidation sites excluding steroid dienone is 1. The highest BCUT2D eigenvalue weighted by molar-refractivity contribution is 5.98. The molecule has 0 unspecified atom stereocenters.